The topological polar surface area (TPSA) is 118 Å². The number of rotatable bonds is 6. The van der Waals surface area contributed by atoms with Crippen LogP contribution in [0.3, 0.4) is 0 Å². The molecule has 1 heterocycles. The molecular weight excluding hydrogens is 372 g/mol. The molecule has 0 saturated carbocycles. The molecule has 29 heavy (non-hydrogen) atoms. The van der Waals surface area contributed by atoms with Gasteiger partial charge in [-0.2, -0.15) is 10.5 Å². The van der Waals surface area contributed by atoms with Crippen molar-refractivity contribution in [3.63, 3.8) is 0 Å². The van der Waals surface area contributed by atoms with E-state index in [0.717, 1.165) is 0 Å². The summed E-state index contributed by atoms with van der Waals surface area (Å²) in [6.07, 6.45) is -0.917. The molecule has 0 fully saturated rings. The molecule has 1 aromatic heterocycles. The molecule has 0 bridgehead atoms. The largest absolute Gasteiger partial charge is 0.479 e. The van der Waals surface area contributed by atoms with Gasteiger partial charge in [0.15, 0.2) is 11.9 Å². The Bertz CT molecular complexity index is 1190. The Kier molecular flexibility index (Phi) is 5.86. The molecule has 3 rings (SSSR count). The fourth-order valence-electron chi connectivity index (χ4n) is 2.67. The van der Waals surface area contributed by atoms with Crippen LogP contribution in [0.4, 0.5) is 0 Å². The van der Waals surface area contributed by atoms with Crippen LogP contribution in [0, 0.1) is 22.7 Å². The van der Waals surface area contributed by atoms with Crippen molar-refractivity contribution in [1.29, 1.82) is 10.5 Å². The van der Waals surface area contributed by atoms with Crippen LogP contribution < -0.4 is 10.3 Å². The molecule has 0 aliphatic heterocycles. The van der Waals surface area contributed by atoms with Gasteiger partial charge in [-0.15, -0.1) is 0 Å². The van der Waals surface area contributed by atoms with Gasteiger partial charge in [0.25, 0.3) is 5.56 Å². The Morgan fingerprint density at radius 2 is 1.90 bits per heavy atom. The van der Waals surface area contributed by atoms with Crippen LogP contribution in [0.1, 0.15) is 18.3 Å². The first-order valence-electron chi connectivity index (χ1n) is 8.72. The number of para-hydroxylation sites is 1. The molecule has 8 heteroatoms. The van der Waals surface area contributed by atoms with Gasteiger partial charge in [0.1, 0.15) is 18.9 Å². The summed E-state index contributed by atoms with van der Waals surface area (Å²) in [6.45, 7) is 1.04. The number of hydrogen-bond donors (Lipinski definition) is 0. The summed E-state index contributed by atoms with van der Waals surface area (Å²) in [6, 6.07) is 17.0. The van der Waals surface area contributed by atoms with Crippen molar-refractivity contribution in [3.05, 3.63) is 70.3 Å². The third-order valence-corrected chi connectivity index (χ3v) is 4.14. The first-order valence-corrected chi connectivity index (χ1v) is 8.72. The Balaban J connectivity index is 1.74. The number of aromatic nitrogens is 2. The number of nitriles is 2. The van der Waals surface area contributed by atoms with Gasteiger partial charge < -0.3 is 9.47 Å². The van der Waals surface area contributed by atoms with E-state index < -0.39 is 12.1 Å². The number of ether oxygens (including phenoxy) is 2. The number of nitrogens with zero attached hydrogens (tertiary/aromatic N) is 4. The fraction of sp³-hybridized carbons (Fsp3) is 0.190. The summed E-state index contributed by atoms with van der Waals surface area (Å²) in [4.78, 5) is 29.2. The molecule has 0 saturated heterocycles. The zero-order valence-electron chi connectivity index (χ0n) is 15.5. The van der Waals surface area contributed by atoms with E-state index in [0.29, 0.717) is 22.2 Å². The Labute approximate surface area is 166 Å². The molecule has 0 radical (unpaired) electrons. The molecule has 1 atom stereocenters. The maximum atomic E-state index is 12.6. The predicted molar refractivity (Wildman–Crippen MR) is 103 cm³/mol. The molecule has 0 aliphatic carbocycles. The smallest absolute Gasteiger partial charge is 0.347 e. The van der Waals surface area contributed by atoms with Gasteiger partial charge in [0.2, 0.25) is 0 Å². The van der Waals surface area contributed by atoms with E-state index in [1.807, 2.05) is 12.1 Å². The Morgan fingerprint density at radius 3 is 2.59 bits per heavy atom. The maximum absolute atomic E-state index is 12.6. The second-order valence-electron chi connectivity index (χ2n) is 6.10. The van der Waals surface area contributed by atoms with Crippen LogP contribution in [-0.4, -0.2) is 21.6 Å². The van der Waals surface area contributed by atoms with Crippen molar-refractivity contribution in [1.82, 2.24) is 9.55 Å². The van der Waals surface area contributed by atoms with E-state index >= 15 is 0 Å². The van der Waals surface area contributed by atoms with Gasteiger partial charge in [0.05, 0.1) is 28.6 Å². The molecule has 0 spiro atoms. The van der Waals surface area contributed by atoms with Crippen molar-refractivity contribution in [2.45, 2.75) is 26.2 Å². The Morgan fingerprint density at radius 1 is 1.17 bits per heavy atom. The van der Waals surface area contributed by atoms with Gasteiger partial charge in [-0.1, -0.05) is 12.1 Å². The molecular formula is C21H16N4O4. The summed E-state index contributed by atoms with van der Waals surface area (Å²) in [7, 11) is 0. The number of benzene rings is 2. The van der Waals surface area contributed by atoms with E-state index in [-0.39, 0.29) is 24.5 Å². The quantitative estimate of drug-likeness (QED) is 0.595. The van der Waals surface area contributed by atoms with Crippen molar-refractivity contribution in [2.75, 3.05) is 0 Å². The van der Waals surface area contributed by atoms with Gasteiger partial charge in [-0.25, -0.2) is 9.78 Å². The van der Waals surface area contributed by atoms with E-state index in [1.54, 1.807) is 48.5 Å². The SMILES string of the molecule is C[C@@H](Oc1ccc(C#N)cc1)C(=O)OCc1nc2ccccc2c(=O)n1CC#N. The van der Waals surface area contributed by atoms with Gasteiger partial charge in [0, 0.05) is 0 Å². The molecule has 8 nitrogen and oxygen atoms in total. The lowest BCUT2D eigenvalue weighted by molar-refractivity contribution is -0.152. The molecule has 0 unspecified atom stereocenters. The molecule has 0 amide bonds. The highest BCUT2D eigenvalue weighted by Gasteiger charge is 2.19. The van der Waals surface area contributed by atoms with E-state index in [2.05, 4.69) is 4.98 Å². The molecule has 144 valence electrons. The standard InChI is InChI=1S/C21H16N4O4/c1-14(29-16-8-6-15(12-23)7-9-16)21(27)28-13-19-24-18-5-3-2-4-17(18)20(26)25(19)11-10-22/h2-9,14H,11,13H2,1H3/t14-/m1/s1. The van der Waals surface area contributed by atoms with Gasteiger partial charge >= 0.3 is 5.97 Å². The van der Waals surface area contributed by atoms with E-state index in [1.165, 1.54) is 11.5 Å². The summed E-state index contributed by atoms with van der Waals surface area (Å²) < 4.78 is 11.9. The fourth-order valence-corrected chi connectivity index (χ4v) is 2.67. The van der Waals surface area contributed by atoms with Crippen LogP contribution in [0.25, 0.3) is 10.9 Å². The lowest BCUT2D eigenvalue weighted by Gasteiger charge is -2.15. The molecule has 2 aromatic carbocycles. The second kappa shape index (κ2) is 8.68. The number of hydrogen-bond acceptors (Lipinski definition) is 7. The third-order valence-electron chi connectivity index (χ3n) is 4.14. The number of fused-ring (bicyclic) bond motifs is 1. The highest BCUT2D eigenvalue weighted by molar-refractivity contribution is 5.77. The maximum Gasteiger partial charge on any atom is 0.347 e. The van der Waals surface area contributed by atoms with Crippen LogP contribution in [0.2, 0.25) is 0 Å². The summed E-state index contributed by atoms with van der Waals surface area (Å²) in [5, 5.41) is 18.2. The second-order valence-corrected chi connectivity index (χ2v) is 6.10. The van der Waals surface area contributed by atoms with Gasteiger partial charge in [-0.05, 0) is 43.3 Å². The summed E-state index contributed by atoms with van der Waals surface area (Å²) >= 11 is 0. The monoisotopic (exact) mass is 388 g/mol. The average molecular weight is 388 g/mol. The number of carbonyl (C=O) groups excluding carboxylic acids is 1. The number of esters is 1. The zero-order valence-corrected chi connectivity index (χ0v) is 15.5. The summed E-state index contributed by atoms with van der Waals surface area (Å²) in [5.41, 5.74) is 0.565. The Hall–Kier alpha value is -4.17. The van der Waals surface area contributed by atoms with Crippen LogP contribution in [0.5, 0.6) is 5.75 Å². The lowest BCUT2D eigenvalue weighted by Crippen LogP contribution is -2.29. The minimum atomic E-state index is -0.917. The van der Waals surface area contributed by atoms with Crippen LogP contribution >= 0.6 is 0 Å². The van der Waals surface area contributed by atoms with Crippen molar-refractivity contribution in [3.8, 4) is 17.9 Å². The van der Waals surface area contributed by atoms with Gasteiger partial charge in [-0.3, -0.25) is 9.36 Å². The minimum Gasteiger partial charge on any atom is -0.479 e. The minimum absolute atomic E-state index is 0.175. The van der Waals surface area contributed by atoms with Crippen molar-refractivity contribution < 1.29 is 14.3 Å². The third kappa shape index (κ3) is 4.40. The lowest BCUT2D eigenvalue weighted by atomic mass is 10.2. The average Bonchev–Trinajstić information content (AvgIpc) is 2.74. The van der Waals surface area contributed by atoms with Crippen molar-refractivity contribution in [2.24, 2.45) is 0 Å². The molecule has 3 aromatic rings. The molecule has 0 N–H and O–H groups in total. The van der Waals surface area contributed by atoms with Crippen LogP contribution in [0.15, 0.2) is 53.3 Å². The first kappa shape index (κ1) is 19.6. The van der Waals surface area contributed by atoms with Crippen molar-refractivity contribution >= 4 is 16.9 Å². The first-order chi connectivity index (χ1) is 14.0. The van der Waals surface area contributed by atoms with E-state index in [9.17, 15) is 9.59 Å². The highest BCUT2D eigenvalue weighted by Crippen LogP contribution is 2.14. The highest BCUT2D eigenvalue weighted by atomic mass is 16.6. The summed E-state index contributed by atoms with van der Waals surface area (Å²) in [5.74, 6) is -0.0619. The predicted octanol–water partition coefficient (Wildman–Crippen LogP) is 2.30. The van der Waals surface area contributed by atoms with Crippen LogP contribution in [-0.2, 0) is 22.7 Å². The molecule has 0 aliphatic rings. The van der Waals surface area contributed by atoms with E-state index in [4.69, 9.17) is 20.0 Å². The normalized spacial score (nSPS) is 11.3. The zero-order chi connectivity index (χ0) is 20.8. The number of carbonyl (C=O) groups is 1.